The number of aliphatic carboxylic acids is 1. The molecule has 0 saturated heterocycles. The number of carbonyl (C=O) groups excluding carboxylic acids is 1. The molecule has 8 heteroatoms. The van der Waals surface area contributed by atoms with Gasteiger partial charge in [0.05, 0.1) is 6.08 Å². The number of carboxylic acid groups (broad SMARTS) is 1. The molecule has 0 radical (unpaired) electrons. The summed E-state index contributed by atoms with van der Waals surface area (Å²) >= 11 is 0. The monoisotopic (exact) mass is 326 g/mol. The van der Waals surface area contributed by atoms with Gasteiger partial charge in [-0.2, -0.15) is 0 Å². The summed E-state index contributed by atoms with van der Waals surface area (Å²) in [6.45, 7) is 2.76. The number of hydrogen-bond donors (Lipinski definition) is 3. The Hall–Kier alpha value is -2.42. The lowest BCUT2D eigenvalue weighted by Gasteiger charge is -2.16. The van der Waals surface area contributed by atoms with Crippen LogP contribution in [0.3, 0.4) is 0 Å². The summed E-state index contributed by atoms with van der Waals surface area (Å²) in [5.41, 5.74) is 1.06. The van der Waals surface area contributed by atoms with E-state index in [1.54, 1.807) is 7.05 Å². The quantitative estimate of drug-likeness (QED) is 0.205. The number of para-hydroxylation sites is 1. The molecule has 0 spiro atoms. The molecular weight excluding hydrogens is 304 g/mol. The van der Waals surface area contributed by atoms with Crippen molar-refractivity contribution in [2.75, 3.05) is 20.2 Å². The molecule has 128 valence electrons. The molecule has 1 unspecified atom stereocenters. The predicted octanol–water partition coefficient (Wildman–Crippen LogP) is 0.298. The fourth-order valence-corrected chi connectivity index (χ4v) is 1.42. The first kappa shape index (κ1) is 20.6. The zero-order valence-electron chi connectivity index (χ0n) is 13.1. The van der Waals surface area contributed by atoms with Gasteiger partial charge < -0.3 is 19.7 Å². The van der Waals surface area contributed by atoms with Gasteiger partial charge in [0.2, 0.25) is 0 Å². The van der Waals surface area contributed by atoms with E-state index in [0.717, 1.165) is 17.6 Å². The minimum atomic E-state index is -1.15. The second-order valence-corrected chi connectivity index (χ2v) is 4.54. The number of aliphatic hydroxyl groups excluding tert-OH is 1. The molecule has 0 aliphatic heterocycles. The molecule has 1 aromatic rings. The van der Waals surface area contributed by atoms with Crippen molar-refractivity contribution in [3.05, 3.63) is 42.2 Å². The normalized spacial score (nSPS) is 11.5. The topological polar surface area (TPSA) is 122 Å². The Labute approximate surface area is 134 Å². The Kier molecular flexibility index (Phi) is 10.9. The minimum absolute atomic E-state index is 0.138. The summed E-state index contributed by atoms with van der Waals surface area (Å²) in [7, 11) is 1.71. The van der Waals surface area contributed by atoms with E-state index in [1.165, 1.54) is 5.01 Å². The highest BCUT2D eigenvalue weighted by Gasteiger charge is 2.07. The third-order valence-electron chi connectivity index (χ3n) is 2.37. The lowest BCUT2D eigenvalue weighted by Crippen LogP contribution is -2.37. The zero-order chi connectivity index (χ0) is 17.7. The van der Waals surface area contributed by atoms with Gasteiger partial charge in [0, 0.05) is 13.6 Å². The maximum absolute atomic E-state index is 9.59. The Morgan fingerprint density at radius 2 is 2.09 bits per heavy atom. The third-order valence-corrected chi connectivity index (χ3v) is 2.37. The van der Waals surface area contributed by atoms with Crippen LogP contribution in [-0.4, -0.2) is 54.0 Å². The maximum Gasteiger partial charge on any atom is 0.331 e. The van der Waals surface area contributed by atoms with E-state index >= 15 is 0 Å². The van der Waals surface area contributed by atoms with Crippen LogP contribution < -0.4 is 10.6 Å². The van der Waals surface area contributed by atoms with Crippen molar-refractivity contribution >= 4 is 12.4 Å². The van der Waals surface area contributed by atoms with Crippen LogP contribution in [0.1, 0.15) is 5.56 Å². The zero-order valence-corrected chi connectivity index (χ0v) is 13.1. The fourth-order valence-electron chi connectivity index (χ4n) is 1.42. The van der Waals surface area contributed by atoms with E-state index in [2.05, 4.69) is 4.74 Å². The molecular formula is C15H22N2O6. The van der Waals surface area contributed by atoms with Gasteiger partial charge in [-0.3, -0.25) is 10.6 Å². The number of ether oxygens (including phenoxy) is 2. The van der Waals surface area contributed by atoms with Crippen LogP contribution in [0, 0.1) is 6.92 Å². The molecule has 0 heterocycles. The largest absolute Gasteiger partial charge is 0.491 e. The van der Waals surface area contributed by atoms with Gasteiger partial charge in [-0.15, -0.1) is 0 Å². The summed E-state index contributed by atoms with van der Waals surface area (Å²) in [6, 6.07) is 7.71. The Bertz CT molecular complexity index is 504. The van der Waals surface area contributed by atoms with Crippen molar-refractivity contribution in [1.29, 1.82) is 0 Å². The maximum atomic E-state index is 9.59. The van der Waals surface area contributed by atoms with Crippen LogP contribution in [0.2, 0.25) is 0 Å². The number of aryl methyl sites for hydroxylation is 1. The van der Waals surface area contributed by atoms with E-state index in [4.69, 9.17) is 15.7 Å². The summed E-state index contributed by atoms with van der Waals surface area (Å²) in [5.74, 6) is 5.07. The number of hydrogen-bond acceptors (Lipinski definition) is 7. The molecule has 1 atom stereocenters. The lowest BCUT2D eigenvalue weighted by atomic mass is 10.2. The first-order chi connectivity index (χ1) is 10.9. The number of benzene rings is 1. The number of nitrogens with zero attached hydrogens (tertiary/aromatic N) is 1. The van der Waals surface area contributed by atoms with Gasteiger partial charge in [0.1, 0.15) is 24.7 Å². The highest BCUT2D eigenvalue weighted by atomic mass is 16.5. The van der Waals surface area contributed by atoms with E-state index < -0.39 is 12.1 Å². The van der Waals surface area contributed by atoms with E-state index in [-0.39, 0.29) is 13.1 Å². The van der Waals surface area contributed by atoms with E-state index in [9.17, 15) is 14.7 Å². The molecule has 0 amide bonds. The first-order valence-electron chi connectivity index (χ1n) is 6.67. The molecule has 1 rings (SSSR count). The highest BCUT2D eigenvalue weighted by Crippen LogP contribution is 2.16. The molecule has 8 nitrogen and oxygen atoms in total. The number of carbonyl (C=O) groups is 2. The summed E-state index contributed by atoms with van der Waals surface area (Å²) in [6.07, 6.45) is 0.934. The second-order valence-electron chi connectivity index (χ2n) is 4.54. The summed E-state index contributed by atoms with van der Waals surface area (Å²) < 4.78 is 9.37. The molecule has 0 fully saturated rings. The third kappa shape index (κ3) is 11.9. The van der Waals surface area contributed by atoms with Gasteiger partial charge in [0.15, 0.2) is 0 Å². The molecule has 0 aromatic heterocycles. The molecule has 1 aromatic carbocycles. The highest BCUT2D eigenvalue weighted by molar-refractivity contribution is 5.79. The molecule has 4 N–H and O–H groups in total. The molecule has 0 saturated carbocycles. The van der Waals surface area contributed by atoms with Crippen LogP contribution in [0.15, 0.2) is 36.6 Å². The van der Waals surface area contributed by atoms with Crippen molar-refractivity contribution in [3.8, 4) is 5.75 Å². The van der Waals surface area contributed by atoms with Crippen LogP contribution in [0.25, 0.3) is 0 Å². The van der Waals surface area contributed by atoms with Crippen molar-refractivity contribution in [2.45, 2.75) is 13.0 Å². The van der Waals surface area contributed by atoms with Gasteiger partial charge in [-0.25, -0.2) is 9.80 Å². The number of likely N-dealkylation sites (N-methyl/N-ethyl adjacent to an activating group) is 1. The smallest absolute Gasteiger partial charge is 0.331 e. The Morgan fingerprint density at radius 1 is 1.43 bits per heavy atom. The van der Waals surface area contributed by atoms with Gasteiger partial charge in [-0.1, -0.05) is 18.2 Å². The Morgan fingerprint density at radius 3 is 2.61 bits per heavy atom. The first-order valence-corrected chi connectivity index (χ1v) is 6.67. The second kappa shape index (κ2) is 12.2. The van der Waals surface area contributed by atoms with Crippen LogP contribution in [0.5, 0.6) is 5.75 Å². The van der Waals surface area contributed by atoms with Crippen molar-refractivity contribution < 1.29 is 29.3 Å². The average Bonchev–Trinajstić information content (AvgIpc) is 2.46. The van der Waals surface area contributed by atoms with E-state index in [0.29, 0.717) is 12.6 Å². The van der Waals surface area contributed by atoms with Crippen molar-refractivity contribution in [2.24, 2.45) is 5.84 Å². The van der Waals surface area contributed by atoms with Gasteiger partial charge in [0.25, 0.3) is 6.47 Å². The number of nitrogens with two attached hydrogens (primary N) is 1. The molecule has 23 heavy (non-hydrogen) atoms. The number of rotatable bonds is 8. The van der Waals surface area contributed by atoms with Gasteiger partial charge in [-0.05, 0) is 18.6 Å². The number of hydrazine groups is 1. The Balaban J connectivity index is 0.000000515. The summed E-state index contributed by atoms with van der Waals surface area (Å²) in [5, 5.41) is 18.8. The minimum Gasteiger partial charge on any atom is -0.491 e. The SMILES string of the molecule is Cc1ccccc1OCC(O)CN(C)N.O=CO/C=C/C(=O)O. The van der Waals surface area contributed by atoms with Crippen molar-refractivity contribution in [1.82, 2.24) is 5.01 Å². The van der Waals surface area contributed by atoms with Crippen molar-refractivity contribution in [3.63, 3.8) is 0 Å². The predicted molar refractivity (Wildman–Crippen MR) is 83.4 cm³/mol. The van der Waals surface area contributed by atoms with Gasteiger partial charge >= 0.3 is 5.97 Å². The number of aliphatic hydroxyl groups is 1. The number of carboxylic acids is 1. The average molecular weight is 326 g/mol. The van der Waals surface area contributed by atoms with Crippen LogP contribution >= 0.6 is 0 Å². The molecule has 0 aliphatic rings. The fraction of sp³-hybridized carbons (Fsp3) is 0.333. The lowest BCUT2D eigenvalue weighted by molar-refractivity contribution is -0.131. The molecule has 0 aliphatic carbocycles. The van der Waals surface area contributed by atoms with E-state index in [1.807, 2.05) is 31.2 Å². The van der Waals surface area contributed by atoms with Crippen LogP contribution in [-0.2, 0) is 14.3 Å². The molecule has 0 bridgehead atoms. The standard InChI is InChI=1S/C11H18N2O2.C4H4O4/c1-9-5-3-4-6-11(9)15-8-10(14)7-13(2)12;5-3-8-2-1-4(6)7/h3-6,10,14H,7-8,12H2,1-2H3;1-3H,(H,6,7)/b;2-1+. The van der Waals surface area contributed by atoms with Crippen LogP contribution in [0.4, 0.5) is 0 Å². The summed E-state index contributed by atoms with van der Waals surface area (Å²) in [4.78, 5) is 18.9.